The number of hydrogen-bond donors (Lipinski definition) is 3. The number of alkyl carbamates (subject to hydrolysis) is 1. The maximum Gasteiger partial charge on any atom is 0.410 e. The lowest BCUT2D eigenvalue weighted by Crippen LogP contribution is -2.58. The van der Waals surface area contributed by atoms with Crippen molar-refractivity contribution in [2.45, 2.75) is 139 Å². The molecule has 5 atom stereocenters. The van der Waals surface area contributed by atoms with Gasteiger partial charge in [-0.05, 0) is 70.4 Å². The number of nitrogens with zero attached hydrogens (tertiary/aromatic N) is 2. The molecule has 0 spiro atoms. The Labute approximate surface area is 311 Å². The van der Waals surface area contributed by atoms with Crippen molar-refractivity contribution in [3.05, 3.63) is 47.5 Å². The average Bonchev–Trinajstić information content (AvgIpc) is 3.99. The molecule has 0 bridgehead atoms. The van der Waals surface area contributed by atoms with Gasteiger partial charge in [0.15, 0.2) is 0 Å². The Morgan fingerprint density at radius 3 is 2.47 bits per heavy atom. The molecule has 1 aromatic rings. The molecule has 2 saturated carbocycles. The molecule has 5 amide bonds. The van der Waals surface area contributed by atoms with Gasteiger partial charge in [0.05, 0.1) is 11.8 Å². The van der Waals surface area contributed by atoms with E-state index in [0.29, 0.717) is 38.8 Å². The lowest BCUT2D eigenvalue weighted by atomic mass is 9.78. The zero-order chi connectivity index (χ0) is 38.3. The number of sulfonamides is 1. The van der Waals surface area contributed by atoms with E-state index >= 15 is 0 Å². The van der Waals surface area contributed by atoms with E-state index in [4.69, 9.17) is 9.47 Å². The van der Waals surface area contributed by atoms with E-state index in [2.05, 4.69) is 35.3 Å². The maximum atomic E-state index is 14.4. The van der Waals surface area contributed by atoms with Gasteiger partial charge in [0, 0.05) is 30.8 Å². The molecule has 1 aromatic carbocycles. The predicted molar refractivity (Wildman–Crippen MR) is 195 cm³/mol. The Bertz CT molecular complexity index is 1770. The van der Waals surface area contributed by atoms with Crippen LogP contribution in [0.1, 0.15) is 104 Å². The molecular weight excluding hydrogens is 703 g/mol. The van der Waals surface area contributed by atoms with Crippen LogP contribution in [0.15, 0.2) is 36.4 Å². The second kappa shape index (κ2) is 14.6. The van der Waals surface area contributed by atoms with E-state index < -0.39 is 80.4 Å². The summed E-state index contributed by atoms with van der Waals surface area (Å²) in [6.45, 7) is 9.88. The lowest BCUT2D eigenvalue weighted by molar-refractivity contribution is -0.141. The Kier molecular flexibility index (Phi) is 10.6. The number of allylic oxidation sites excluding steroid dienone is 1. The van der Waals surface area contributed by atoms with Gasteiger partial charge in [-0.2, -0.15) is 0 Å². The zero-order valence-corrected chi connectivity index (χ0v) is 32.1. The van der Waals surface area contributed by atoms with Gasteiger partial charge in [-0.25, -0.2) is 18.0 Å². The van der Waals surface area contributed by atoms with Crippen molar-refractivity contribution < 1.29 is 41.9 Å². The summed E-state index contributed by atoms with van der Waals surface area (Å²) in [4.78, 5) is 71.9. The Morgan fingerprint density at radius 2 is 1.75 bits per heavy atom. The normalized spacial score (nSPS) is 29.5. The Hall–Kier alpha value is -4.14. The molecule has 0 radical (unpaired) electrons. The Balaban J connectivity index is 1.26. The van der Waals surface area contributed by atoms with Crippen LogP contribution in [0.25, 0.3) is 0 Å². The molecule has 0 aromatic heterocycles. The molecule has 0 unspecified atom stereocenters. The van der Waals surface area contributed by atoms with Crippen molar-refractivity contribution in [1.82, 2.24) is 25.2 Å². The number of nitrogens with one attached hydrogen (secondary N) is 3. The van der Waals surface area contributed by atoms with E-state index in [1.54, 1.807) is 25.7 Å². The number of hydrogen-bond acceptors (Lipinski definition) is 9. The van der Waals surface area contributed by atoms with E-state index in [9.17, 15) is 32.4 Å². The van der Waals surface area contributed by atoms with Gasteiger partial charge < -0.3 is 29.9 Å². The van der Waals surface area contributed by atoms with Crippen LogP contribution < -0.4 is 15.4 Å². The summed E-state index contributed by atoms with van der Waals surface area (Å²) in [5.41, 5.74) is -0.529. The van der Waals surface area contributed by atoms with Crippen molar-refractivity contribution in [2.24, 2.45) is 5.92 Å². The third-order valence-corrected chi connectivity index (χ3v) is 12.6. The largest absolute Gasteiger partial charge is 0.444 e. The predicted octanol–water partition coefficient (Wildman–Crippen LogP) is 3.78. The number of carbonyl (C=O) groups is 5. The first-order valence-corrected chi connectivity index (χ1v) is 20.3. The third-order valence-electron chi connectivity index (χ3n) is 10.8. The second-order valence-electron chi connectivity index (χ2n) is 16.9. The number of benzene rings is 1. The van der Waals surface area contributed by atoms with Crippen LogP contribution in [0.3, 0.4) is 0 Å². The van der Waals surface area contributed by atoms with Gasteiger partial charge in [0.1, 0.15) is 29.3 Å². The molecule has 53 heavy (non-hydrogen) atoms. The minimum Gasteiger partial charge on any atom is -0.444 e. The second-order valence-corrected chi connectivity index (χ2v) is 18.8. The molecule has 3 fully saturated rings. The summed E-state index contributed by atoms with van der Waals surface area (Å²) in [7, 11) is -3.90. The topological polar surface area (TPSA) is 181 Å². The standard InChI is InChI=1S/C38H53N5O9S/c1-36(2,3)52-34(47)39-29-16-10-8-6-7-9-14-25-20-38(25,33(46)41-53(49,50)27-17-18-27)40-31(44)30-19-26(22-43(30)32(29)45)51-35(48)42-21-24-13-11-12-15-28(24)37(4,5)23-42/h9,11-15,25-27,29-30H,6-8,10,16-23H2,1-5H3,(H,39,47)(H,40,44)(H,41,46)/b14-9+/t25-,26-,29+,30+,38-/m1/s1. The van der Waals surface area contributed by atoms with Gasteiger partial charge in [-0.1, -0.05) is 63.1 Å². The summed E-state index contributed by atoms with van der Waals surface area (Å²) >= 11 is 0. The smallest absolute Gasteiger partial charge is 0.410 e. The highest BCUT2D eigenvalue weighted by Crippen LogP contribution is 2.46. The average molecular weight is 756 g/mol. The molecule has 290 valence electrons. The van der Waals surface area contributed by atoms with Crippen molar-refractivity contribution in [1.29, 1.82) is 0 Å². The first kappa shape index (κ1) is 38.6. The molecule has 3 heterocycles. The summed E-state index contributed by atoms with van der Waals surface area (Å²) < 4.78 is 39.3. The molecule has 15 heteroatoms. The summed E-state index contributed by atoms with van der Waals surface area (Å²) in [6.07, 6.45) is 5.69. The van der Waals surface area contributed by atoms with Gasteiger partial charge in [0.25, 0.3) is 5.91 Å². The summed E-state index contributed by atoms with van der Waals surface area (Å²) in [5, 5.41) is 4.90. The van der Waals surface area contributed by atoms with Gasteiger partial charge in [0.2, 0.25) is 21.8 Å². The molecular formula is C38H53N5O9S. The number of amides is 5. The highest BCUT2D eigenvalue weighted by molar-refractivity contribution is 7.91. The van der Waals surface area contributed by atoms with Crippen LogP contribution in [0.4, 0.5) is 9.59 Å². The fourth-order valence-corrected chi connectivity index (χ4v) is 9.15. The van der Waals surface area contributed by atoms with Gasteiger partial charge >= 0.3 is 12.2 Å². The van der Waals surface area contributed by atoms with Crippen molar-refractivity contribution in [3.8, 4) is 0 Å². The molecule has 2 aliphatic carbocycles. The summed E-state index contributed by atoms with van der Waals surface area (Å²) in [6, 6.07) is 5.71. The van der Waals surface area contributed by atoms with E-state index in [-0.39, 0.29) is 31.2 Å². The number of rotatable bonds is 5. The minimum atomic E-state index is -3.90. The first-order chi connectivity index (χ1) is 24.9. The third kappa shape index (κ3) is 8.81. The highest BCUT2D eigenvalue weighted by atomic mass is 32.2. The van der Waals surface area contributed by atoms with Crippen LogP contribution in [-0.2, 0) is 45.8 Å². The number of fused-ring (bicyclic) bond motifs is 3. The van der Waals surface area contributed by atoms with E-state index in [0.717, 1.165) is 24.0 Å². The molecule has 5 aliphatic rings. The van der Waals surface area contributed by atoms with Crippen LogP contribution in [0.2, 0.25) is 0 Å². The Morgan fingerprint density at radius 1 is 1.02 bits per heavy atom. The maximum absolute atomic E-state index is 14.4. The van der Waals surface area contributed by atoms with Gasteiger partial charge in [-0.3, -0.25) is 19.1 Å². The molecule has 6 rings (SSSR count). The van der Waals surface area contributed by atoms with Crippen molar-refractivity contribution in [2.75, 3.05) is 13.1 Å². The van der Waals surface area contributed by atoms with E-state index in [1.165, 1.54) is 4.90 Å². The van der Waals surface area contributed by atoms with Crippen molar-refractivity contribution >= 4 is 39.9 Å². The van der Waals surface area contributed by atoms with E-state index in [1.807, 2.05) is 30.4 Å². The van der Waals surface area contributed by atoms with Crippen LogP contribution >= 0.6 is 0 Å². The van der Waals surface area contributed by atoms with Gasteiger partial charge in [-0.15, -0.1) is 0 Å². The first-order valence-electron chi connectivity index (χ1n) is 18.8. The molecule has 14 nitrogen and oxygen atoms in total. The van der Waals surface area contributed by atoms with Crippen LogP contribution in [0, 0.1) is 5.92 Å². The number of carbonyl (C=O) groups excluding carboxylic acids is 5. The fraction of sp³-hybridized carbons (Fsp3) is 0.658. The SMILES string of the molecule is CC(C)(C)OC(=O)N[C@H]1CCCCC/C=C/[C@@H]2C[C@@]2(C(=O)NS(=O)(=O)C2CC2)NC(=O)[C@@H]2C[C@@H](OC(=O)N3Cc4ccccc4C(C)(C)C3)CN2C1=O. The monoisotopic (exact) mass is 755 g/mol. The minimum absolute atomic E-state index is 0.0606. The quantitative estimate of drug-likeness (QED) is 0.377. The summed E-state index contributed by atoms with van der Waals surface area (Å²) in [5.74, 6) is -2.48. The van der Waals surface area contributed by atoms with Crippen molar-refractivity contribution in [3.63, 3.8) is 0 Å². The highest BCUT2D eigenvalue weighted by Gasteiger charge is 2.62. The number of ether oxygens (including phenoxy) is 2. The fourth-order valence-electron chi connectivity index (χ4n) is 7.79. The lowest BCUT2D eigenvalue weighted by Gasteiger charge is -2.39. The molecule has 1 saturated heterocycles. The van der Waals surface area contributed by atoms with Crippen LogP contribution in [0.5, 0.6) is 0 Å². The zero-order valence-electron chi connectivity index (χ0n) is 31.3. The van der Waals surface area contributed by atoms with Crippen LogP contribution in [-0.4, -0.2) is 95.8 Å². The molecule has 3 N–H and O–H groups in total. The molecule has 3 aliphatic heterocycles.